The molecule has 0 aliphatic heterocycles. The van der Waals surface area contributed by atoms with Crippen LogP contribution in [0.3, 0.4) is 0 Å². The molecule has 1 atom stereocenters. The van der Waals surface area contributed by atoms with Crippen LogP contribution in [0.2, 0.25) is 10.0 Å². The van der Waals surface area contributed by atoms with Crippen LogP contribution in [0.15, 0.2) is 72.8 Å². The first-order valence-electron chi connectivity index (χ1n) is 13.0. The molecule has 194 valence electrons. The predicted octanol–water partition coefficient (Wildman–Crippen LogP) is 6.93. The van der Waals surface area contributed by atoms with E-state index >= 15 is 0 Å². The highest BCUT2D eigenvalue weighted by atomic mass is 35.5. The molecule has 2 amide bonds. The number of benzene rings is 3. The fourth-order valence-electron chi connectivity index (χ4n) is 5.02. The Hall–Kier alpha value is -2.82. The molecule has 1 fully saturated rings. The van der Waals surface area contributed by atoms with E-state index in [-0.39, 0.29) is 30.8 Å². The van der Waals surface area contributed by atoms with Crippen molar-refractivity contribution in [3.05, 3.63) is 105 Å². The van der Waals surface area contributed by atoms with Gasteiger partial charge >= 0.3 is 0 Å². The molecule has 3 aromatic rings. The number of carbonyl (C=O) groups is 2. The predicted molar refractivity (Wildman–Crippen MR) is 151 cm³/mol. The average molecular weight is 538 g/mol. The summed E-state index contributed by atoms with van der Waals surface area (Å²) in [5.41, 5.74) is 3.62. The second kappa shape index (κ2) is 13.1. The smallest absolute Gasteiger partial charge is 0.243 e. The van der Waals surface area contributed by atoms with Crippen molar-refractivity contribution in [1.82, 2.24) is 10.2 Å². The lowest BCUT2D eigenvalue weighted by molar-refractivity contribution is -0.141. The van der Waals surface area contributed by atoms with Crippen LogP contribution in [0.1, 0.15) is 54.4 Å². The first-order chi connectivity index (χ1) is 17.9. The minimum absolute atomic E-state index is 0.128. The normalized spacial score (nSPS) is 14.7. The number of carbonyl (C=O) groups excluding carboxylic acids is 2. The van der Waals surface area contributed by atoms with Crippen molar-refractivity contribution in [2.24, 2.45) is 0 Å². The van der Waals surface area contributed by atoms with Crippen LogP contribution in [0, 0.1) is 6.92 Å². The van der Waals surface area contributed by atoms with Crippen molar-refractivity contribution in [1.29, 1.82) is 0 Å². The van der Waals surface area contributed by atoms with E-state index in [9.17, 15) is 9.59 Å². The summed E-state index contributed by atoms with van der Waals surface area (Å²) in [6.45, 7) is 2.15. The van der Waals surface area contributed by atoms with Crippen LogP contribution in [-0.2, 0) is 29.0 Å². The van der Waals surface area contributed by atoms with Gasteiger partial charge in [-0.15, -0.1) is 0 Å². The number of aryl methyl sites for hydroxylation is 1. The van der Waals surface area contributed by atoms with E-state index < -0.39 is 6.04 Å². The van der Waals surface area contributed by atoms with Gasteiger partial charge in [0.2, 0.25) is 11.8 Å². The molecule has 4 rings (SSSR count). The molecule has 0 bridgehead atoms. The van der Waals surface area contributed by atoms with Gasteiger partial charge in [0.05, 0.1) is 6.42 Å². The van der Waals surface area contributed by atoms with E-state index in [2.05, 4.69) is 5.32 Å². The van der Waals surface area contributed by atoms with Gasteiger partial charge in [0.25, 0.3) is 0 Å². The molecule has 1 aliphatic rings. The van der Waals surface area contributed by atoms with Gasteiger partial charge in [-0.3, -0.25) is 9.59 Å². The van der Waals surface area contributed by atoms with Gasteiger partial charge < -0.3 is 10.2 Å². The number of rotatable bonds is 9. The Bertz CT molecular complexity index is 1190. The number of hydrogen-bond donors (Lipinski definition) is 1. The minimum atomic E-state index is -0.701. The van der Waals surface area contributed by atoms with Crippen LogP contribution < -0.4 is 5.32 Å². The number of nitrogens with zero attached hydrogens (tertiary/aromatic N) is 1. The van der Waals surface area contributed by atoms with Gasteiger partial charge in [-0.25, -0.2) is 0 Å². The van der Waals surface area contributed by atoms with Crippen LogP contribution >= 0.6 is 23.2 Å². The number of nitrogens with one attached hydrogen (secondary N) is 1. The van der Waals surface area contributed by atoms with Crippen LogP contribution in [0.5, 0.6) is 0 Å². The summed E-state index contributed by atoms with van der Waals surface area (Å²) >= 11 is 13.1. The van der Waals surface area contributed by atoms with Gasteiger partial charge in [-0.1, -0.05) is 103 Å². The van der Waals surface area contributed by atoms with Crippen molar-refractivity contribution >= 4 is 35.0 Å². The topological polar surface area (TPSA) is 49.4 Å². The van der Waals surface area contributed by atoms with E-state index in [1.165, 1.54) is 6.42 Å². The molecule has 0 aromatic heterocycles. The highest BCUT2D eigenvalue weighted by Gasteiger charge is 2.32. The largest absolute Gasteiger partial charge is 0.352 e. The standard InChI is InChI=1S/C31H34Cl2N2O2/c1-22-11-8-9-14-24(22)20-30(36)35(21-26-27(32)17-10-18-28(26)33)29(19-23-12-4-2-5-13-23)31(37)34-25-15-6-3-7-16-25/h2,4-5,8-14,17-18,25,29H,3,6-7,15-16,19-21H2,1H3,(H,34,37)/t29-/m0/s1. The number of hydrogen-bond acceptors (Lipinski definition) is 2. The molecule has 1 aliphatic carbocycles. The molecule has 37 heavy (non-hydrogen) atoms. The Morgan fingerprint density at radius 3 is 2.22 bits per heavy atom. The van der Waals surface area contributed by atoms with Gasteiger partial charge in [-0.2, -0.15) is 0 Å². The molecule has 0 unspecified atom stereocenters. The molecule has 6 heteroatoms. The van der Waals surface area contributed by atoms with E-state index in [1.54, 1.807) is 23.1 Å². The molecule has 0 heterocycles. The second-order valence-corrected chi connectivity index (χ2v) is 10.7. The molecular weight excluding hydrogens is 503 g/mol. The lowest BCUT2D eigenvalue weighted by atomic mass is 9.94. The van der Waals surface area contributed by atoms with Crippen LogP contribution in [-0.4, -0.2) is 28.8 Å². The zero-order chi connectivity index (χ0) is 26.2. The van der Waals surface area contributed by atoms with Gasteiger partial charge in [-0.05, 0) is 48.6 Å². The molecule has 3 aromatic carbocycles. The summed E-state index contributed by atoms with van der Waals surface area (Å²) in [5.74, 6) is -0.262. The minimum Gasteiger partial charge on any atom is -0.352 e. The first kappa shape index (κ1) is 27.2. The molecule has 4 nitrogen and oxygen atoms in total. The lowest BCUT2D eigenvalue weighted by Gasteiger charge is -2.34. The molecule has 0 radical (unpaired) electrons. The van der Waals surface area contributed by atoms with Gasteiger partial charge in [0.15, 0.2) is 0 Å². The maximum absolute atomic E-state index is 14.0. The van der Waals surface area contributed by atoms with Crippen molar-refractivity contribution in [2.75, 3.05) is 0 Å². The van der Waals surface area contributed by atoms with E-state index in [0.717, 1.165) is 42.4 Å². The fourth-order valence-corrected chi connectivity index (χ4v) is 5.54. The Morgan fingerprint density at radius 2 is 1.54 bits per heavy atom. The third kappa shape index (κ3) is 7.37. The third-order valence-corrected chi connectivity index (χ3v) is 7.92. The summed E-state index contributed by atoms with van der Waals surface area (Å²) in [5, 5.41) is 4.22. The molecule has 1 saturated carbocycles. The zero-order valence-electron chi connectivity index (χ0n) is 21.3. The van der Waals surface area contributed by atoms with Crippen LogP contribution in [0.4, 0.5) is 0 Å². The summed E-state index contributed by atoms with van der Waals surface area (Å²) in [6.07, 6.45) is 5.96. The molecular formula is C31H34Cl2N2O2. The van der Waals surface area contributed by atoms with Gasteiger partial charge in [0.1, 0.15) is 6.04 Å². The summed E-state index contributed by atoms with van der Waals surface area (Å²) in [6, 6.07) is 22.4. The monoisotopic (exact) mass is 536 g/mol. The number of amides is 2. The van der Waals surface area contributed by atoms with Crippen molar-refractivity contribution in [3.63, 3.8) is 0 Å². The van der Waals surface area contributed by atoms with Crippen molar-refractivity contribution in [3.8, 4) is 0 Å². The highest BCUT2D eigenvalue weighted by molar-refractivity contribution is 6.36. The summed E-state index contributed by atoms with van der Waals surface area (Å²) < 4.78 is 0. The number of halogens is 2. The maximum atomic E-state index is 14.0. The fraction of sp³-hybridized carbons (Fsp3) is 0.355. The second-order valence-electron chi connectivity index (χ2n) is 9.87. The van der Waals surface area contributed by atoms with Crippen molar-refractivity contribution < 1.29 is 9.59 Å². The first-order valence-corrected chi connectivity index (χ1v) is 13.8. The molecule has 0 spiro atoms. The maximum Gasteiger partial charge on any atom is 0.243 e. The van der Waals surface area contributed by atoms with E-state index in [1.807, 2.05) is 61.5 Å². The third-order valence-electron chi connectivity index (χ3n) is 7.22. The SMILES string of the molecule is Cc1ccccc1CC(=O)N(Cc1c(Cl)cccc1Cl)[C@@H](Cc1ccccc1)C(=O)NC1CCCCC1. The Kier molecular flexibility index (Phi) is 9.65. The van der Waals surface area contributed by atoms with Gasteiger partial charge in [0, 0.05) is 34.6 Å². The lowest BCUT2D eigenvalue weighted by Crippen LogP contribution is -2.53. The highest BCUT2D eigenvalue weighted by Crippen LogP contribution is 2.28. The summed E-state index contributed by atoms with van der Waals surface area (Å²) in [7, 11) is 0. The quantitative estimate of drug-likeness (QED) is 0.322. The molecule has 0 saturated heterocycles. The molecule has 1 N–H and O–H groups in total. The van der Waals surface area contributed by atoms with E-state index in [4.69, 9.17) is 23.2 Å². The summed E-state index contributed by atoms with van der Waals surface area (Å²) in [4.78, 5) is 29.5. The Morgan fingerprint density at radius 1 is 0.892 bits per heavy atom. The zero-order valence-corrected chi connectivity index (χ0v) is 22.8. The van der Waals surface area contributed by atoms with E-state index in [0.29, 0.717) is 22.0 Å². The Balaban J connectivity index is 1.70. The van der Waals surface area contributed by atoms with Crippen molar-refractivity contribution in [2.45, 2.75) is 70.5 Å². The van der Waals surface area contributed by atoms with Crippen LogP contribution in [0.25, 0.3) is 0 Å². The Labute approximate surface area is 230 Å². The average Bonchev–Trinajstić information content (AvgIpc) is 2.90.